The van der Waals surface area contributed by atoms with Crippen LogP contribution in [0, 0.1) is 6.92 Å². The van der Waals surface area contributed by atoms with E-state index in [2.05, 4.69) is 20.8 Å². The first kappa shape index (κ1) is 21.8. The summed E-state index contributed by atoms with van der Waals surface area (Å²) in [5.41, 5.74) is 4.11. The number of nitrogens with zero attached hydrogens (tertiary/aromatic N) is 2. The molecule has 0 spiro atoms. The highest BCUT2D eigenvalue weighted by atomic mass is 16.5. The van der Waals surface area contributed by atoms with E-state index in [-0.39, 0.29) is 11.8 Å². The number of aryl methyl sites for hydroxylation is 1. The van der Waals surface area contributed by atoms with Crippen molar-refractivity contribution in [1.29, 1.82) is 0 Å². The number of methoxy groups -OCH3 is 1. The quantitative estimate of drug-likeness (QED) is 0.438. The van der Waals surface area contributed by atoms with Crippen LogP contribution < -0.4 is 15.4 Å². The van der Waals surface area contributed by atoms with Crippen LogP contribution in [0.25, 0.3) is 22.9 Å². The Morgan fingerprint density at radius 1 is 0.848 bits per heavy atom. The minimum atomic E-state index is -0.328. The molecule has 4 rings (SSSR count). The van der Waals surface area contributed by atoms with Gasteiger partial charge in [-0.1, -0.05) is 17.7 Å². The average molecular weight is 442 g/mol. The second kappa shape index (κ2) is 9.35. The van der Waals surface area contributed by atoms with Crippen molar-refractivity contribution in [2.75, 3.05) is 17.7 Å². The van der Waals surface area contributed by atoms with Gasteiger partial charge in [0.25, 0.3) is 5.91 Å². The van der Waals surface area contributed by atoms with E-state index in [0.29, 0.717) is 40.0 Å². The zero-order valence-corrected chi connectivity index (χ0v) is 18.4. The third-order valence-electron chi connectivity index (χ3n) is 4.89. The number of nitrogens with one attached hydrogen (secondary N) is 2. The fourth-order valence-corrected chi connectivity index (χ4v) is 3.20. The van der Waals surface area contributed by atoms with E-state index in [0.717, 1.165) is 11.1 Å². The van der Waals surface area contributed by atoms with Gasteiger partial charge in [-0.05, 0) is 61.5 Å². The molecule has 1 heterocycles. The number of anilines is 2. The number of hydrogen-bond donors (Lipinski definition) is 2. The van der Waals surface area contributed by atoms with Gasteiger partial charge in [-0.3, -0.25) is 9.59 Å². The maximum Gasteiger partial charge on any atom is 0.255 e. The maximum absolute atomic E-state index is 12.8. The van der Waals surface area contributed by atoms with Gasteiger partial charge in [0.15, 0.2) is 0 Å². The standard InChI is InChI=1S/C25H22N4O4/c1-15-4-6-18(7-5-15)24-28-29-25(33-24)19-10-8-17(9-11-19)23(31)27-21-14-20(26-16(2)30)12-13-22(21)32-3/h4-14H,1-3H3,(H,26,30)(H,27,31). The summed E-state index contributed by atoms with van der Waals surface area (Å²) in [6.07, 6.45) is 0. The van der Waals surface area contributed by atoms with Gasteiger partial charge in [0.2, 0.25) is 17.7 Å². The summed E-state index contributed by atoms with van der Waals surface area (Å²) in [5.74, 6) is 0.731. The third-order valence-corrected chi connectivity index (χ3v) is 4.89. The molecule has 4 aromatic rings. The van der Waals surface area contributed by atoms with Crippen LogP contribution in [0.1, 0.15) is 22.8 Å². The Morgan fingerprint density at radius 3 is 2.03 bits per heavy atom. The molecular weight excluding hydrogens is 420 g/mol. The highest BCUT2D eigenvalue weighted by molar-refractivity contribution is 6.05. The summed E-state index contributed by atoms with van der Waals surface area (Å²) in [7, 11) is 1.51. The molecule has 2 amide bonds. The Balaban J connectivity index is 1.50. The first-order chi connectivity index (χ1) is 15.9. The number of aromatic nitrogens is 2. The third kappa shape index (κ3) is 5.07. The molecular formula is C25H22N4O4. The summed E-state index contributed by atoms with van der Waals surface area (Å²) >= 11 is 0. The molecule has 0 fully saturated rings. The van der Waals surface area contributed by atoms with Crippen LogP contribution in [0.5, 0.6) is 5.75 Å². The highest BCUT2D eigenvalue weighted by Crippen LogP contribution is 2.29. The minimum Gasteiger partial charge on any atom is -0.495 e. The fourth-order valence-electron chi connectivity index (χ4n) is 3.20. The van der Waals surface area contributed by atoms with Crippen molar-refractivity contribution < 1.29 is 18.7 Å². The van der Waals surface area contributed by atoms with E-state index in [1.807, 2.05) is 31.2 Å². The van der Waals surface area contributed by atoms with E-state index >= 15 is 0 Å². The van der Waals surface area contributed by atoms with Crippen molar-refractivity contribution in [3.8, 4) is 28.7 Å². The van der Waals surface area contributed by atoms with Gasteiger partial charge in [0.1, 0.15) is 5.75 Å². The van der Waals surface area contributed by atoms with Crippen LogP contribution in [-0.4, -0.2) is 29.1 Å². The molecule has 0 atom stereocenters. The zero-order valence-electron chi connectivity index (χ0n) is 18.4. The van der Waals surface area contributed by atoms with Gasteiger partial charge in [-0.15, -0.1) is 10.2 Å². The van der Waals surface area contributed by atoms with Crippen LogP contribution in [-0.2, 0) is 4.79 Å². The number of carbonyl (C=O) groups is 2. The predicted molar refractivity (Wildman–Crippen MR) is 125 cm³/mol. The number of ether oxygens (including phenoxy) is 1. The molecule has 0 saturated carbocycles. The van der Waals surface area contributed by atoms with Gasteiger partial charge in [0, 0.05) is 29.3 Å². The van der Waals surface area contributed by atoms with Crippen LogP contribution in [0.2, 0.25) is 0 Å². The first-order valence-electron chi connectivity index (χ1n) is 10.2. The molecule has 8 heteroatoms. The number of benzene rings is 3. The van der Waals surface area contributed by atoms with Crippen molar-refractivity contribution in [2.45, 2.75) is 13.8 Å². The number of carbonyl (C=O) groups excluding carboxylic acids is 2. The molecule has 0 aliphatic heterocycles. The number of hydrogen-bond acceptors (Lipinski definition) is 6. The van der Waals surface area contributed by atoms with Crippen molar-refractivity contribution in [1.82, 2.24) is 10.2 Å². The summed E-state index contributed by atoms with van der Waals surface area (Å²) < 4.78 is 11.1. The molecule has 3 aromatic carbocycles. The fraction of sp³-hybridized carbons (Fsp3) is 0.120. The number of rotatable bonds is 6. The van der Waals surface area contributed by atoms with Crippen LogP contribution in [0.4, 0.5) is 11.4 Å². The molecule has 0 aliphatic rings. The lowest BCUT2D eigenvalue weighted by atomic mass is 10.1. The molecule has 166 valence electrons. The van der Waals surface area contributed by atoms with Gasteiger partial charge in [-0.25, -0.2) is 0 Å². The Bertz CT molecular complexity index is 1290. The van der Waals surface area contributed by atoms with Crippen LogP contribution in [0.15, 0.2) is 71.1 Å². The van der Waals surface area contributed by atoms with Crippen LogP contribution in [0.3, 0.4) is 0 Å². The second-order valence-electron chi connectivity index (χ2n) is 7.41. The SMILES string of the molecule is COc1ccc(NC(C)=O)cc1NC(=O)c1ccc(-c2nnc(-c3ccc(C)cc3)o2)cc1. The molecule has 1 aromatic heterocycles. The predicted octanol–water partition coefficient (Wildman–Crippen LogP) is 4.93. The second-order valence-corrected chi connectivity index (χ2v) is 7.41. The molecule has 0 saturated heterocycles. The Hall–Kier alpha value is -4.46. The summed E-state index contributed by atoms with van der Waals surface area (Å²) in [6, 6.07) is 19.6. The lowest BCUT2D eigenvalue weighted by Gasteiger charge is -2.12. The van der Waals surface area contributed by atoms with Crippen molar-refractivity contribution >= 4 is 23.2 Å². The van der Waals surface area contributed by atoms with Crippen molar-refractivity contribution in [3.63, 3.8) is 0 Å². The normalized spacial score (nSPS) is 10.5. The summed E-state index contributed by atoms with van der Waals surface area (Å²) in [5, 5.41) is 13.7. The molecule has 0 bridgehead atoms. The van der Waals surface area contributed by atoms with Gasteiger partial charge in [-0.2, -0.15) is 0 Å². The molecule has 8 nitrogen and oxygen atoms in total. The smallest absolute Gasteiger partial charge is 0.255 e. The lowest BCUT2D eigenvalue weighted by molar-refractivity contribution is -0.114. The molecule has 0 aliphatic carbocycles. The minimum absolute atomic E-state index is 0.209. The zero-order chi connectivity index (χ0) is 23.4. The van der Waals surface area contributed by atoms with Gasteiger partial charge in [0.05, 0.1) is 12.8 Å². The van der Waals surface area contributed by atoms with E-state index in [4.69, 9.17) is 9.15 Å². The molecule has 0 unspecified atom stereocenters. The monoisotopic (exact) mass is 442 g/mol. The Kier molecular flexibility index (Phi) is 6.17. The Morgan fingerprint density at radius 2 is 1.45 bits per heavy atom. The number of amides is 2. The highest BCUT2D eigenvalue weighted by Gasteiger charge is 2.14. The first-order valence-corrected chi connectivity index (χ1v) is 10.2. The molecule has 2 N–H and O–H groups in total. The molecule has 0 radical (unpaired) electrons. The largest absolute Gasteiger partial charge is 0.495 e. The summed E-state index contributed by atoms with van der Waals surface area (Å²) in [4.78, 5) is 24.1. The topological polar surface area (TPSA) is 106 Å². The Labute approximate surface area is 190 Å². The van der Waals surface area contributed by atoms with Gasteiger partial charge < -0.3 is 19.8 Å². The van der Waals surface area contributed by atoms with Gasteiger partial charge >= 0.3 is 0 Å². The van der Waals surface area contributed by atoms with E-state index < -0.39 is 0 Å². The summed E-state index contributed by atoms with van der Waals surface area (Å²) in [6.45, 7) is 3.42. The maximum atomic E-state index is 12.8. The average Bonchev–Trinajstić information content (AvgIpc) is 3.30. The van der Waals surface area contributed by atoms with E-state index in [1.165, 1.54) is 14.0 Å². The van der Waals surface area contributed by atoms with Crippen molar-refractivity contribution in [2.24, 2.45) is 0 Å². The van der Waals surface area contributed by atoms with E-state index in [9.17, 15) is 9.59 Å². The lowest BCUT2D eigenvalue weighted by Crippen LogP contribution is -2.13. The van der Waals surface area contributed by atoms with Crippen LogP contribution >= 0.6 is 0 Å². The van der Waals surface area contributed by atoms with E-state index in [1.54, 1.807) is 42.5 Å². The van der Waals surface area contributed by atoms with Crippen molar-refractivity contribution in [3.05, 3.63) is 77.9 Å². The molecule has 33 heavy (non-hydrogen) atoms.